The largest absolute Gasteiger partial charge is 0.490 e. The Kier molecular flexibility index (Phi) is 8.61. The second kappa shape index (κ2) is 11.2. The van der Waals surface area contributed by atoms with Crippen molar-refractivity contribution in [3.63, 3.8) is 0 Å². The first-order chi connectivity index (χ1) is 13.1. The van der Waals surface area contributed by atoms with Gasteiger partial charge >= 0.3 is 0 Å². The van der Waals surface area contributed by atoms with Gasteiger partial charge in [0.2, 0.25) is 0 Å². The first-order valence-electron chi connectivity index (χ1n) is 8.45. The van der Waals surface area contributed by atoms with Crippen LogP contribution in [0.1, 0.15) is 18.1 Å². The Morgan fingerprint density at radius 2 is 2.04 bits per heavy atom. The number of hydrogen-bond donors (Lipinski definition) is 2. The topological polar surface area (TPSA) is 54.9 Å². The fourth-order valence-corrected chi connectivity index (χ4v) is 2.57. The van der Waals surface area contributed by atoms with E-state index in [0.717, 1.165) is 11.1 Å². The number of nitrogens with one attached hydrogen (secondary N) is 2. The number of ether oxygens (including phenoxy) is 2. The smallest absolute Gasteiger partial charge is 0.187 e. The van der Waals surface area contributed by atoms with Gasteiger partial charge in [0, 0.05) is 6.54 Å². The van der Waals surface area contributed by atoms with Gasteiger partial charge in [-0.05, 0) is 42.4 Å². The minimum absolute atomic E-state index is 0.402. The molecule has 0 aromatic heterocycles. The van der Waals surface area contributed by atoms with E-state index in [1.165, 1.54) is 0 Å². The molecular formula is C20H22ClN3O2S. The average molecular weight is 404 g/mol. The fraction of sp³-hybridized carbons (Fsp3) is 0.200. The number of nitrogens with zero attached hydrogens (tertiary/aromatic N) is 1. The van der Waals surface area contributed by atoms with E-state index in [0.29, 0.717) is 41.4 Å². The Labute approximate surface area is 170 Å². The van der Waals surface area contributed by atoms with Crippen LogP contribution in [0.4, 0.5) is 0 Å². The number of rotatable bonds is 9. The summed E-state index contributed by atoms with van der Waals surface area (Å²) in [4.78, 5) is 0. The van der Waals surface area contributed by atoms with E-state index in [1.807, 2.05) is 43.3 Å². The maximum Gasteiger partial charge on any atom is 0.187 e. The Bertz CT molecular complexity index is 797. The molecule has 7 heteroatoms. The van der Waals surface area contributed by atoms with Crippen LogP contribution in [0.5, 0.6) is 11.5 Å². The van der Waals surface area contributed by atoms with E-state index < -0.39 is 0 Å². The number of benzene rings is 2. The average Bonchev–Trinajstić information content (AvgIpc) is 2.67. The molecule has 2 aromatic rings. The number of thiocarbonyl (C=S) groups is 1. The van der Waals surface area contributed by atoms with E-state index in [1.54, 1.807) is 18.4 Å². The van der Waals surface area contributed by atoms with Crippen LogP contribution in [0.2, 0.25) is 5.02 Å². The van der Waals surface area contributed by atoms with Gasteiger partial charge in [0.15, 0.2) is 16.6 Å². The summed E-state index contributed by atoms with van der Waals surface area (Å²) in [6, 6.07) is 13.4. The van der Waals surface area contributed by atoms with Gasteiger partial charge in [-0.3, -0.25) is 5.43 Å². The molecule has 0 saturated carbocycles. The highest BCUT2D eigenvalue weighted by Crippen LogP contribution is 2.36. The summed E-state index contributed by atoms with van der Waals surface area (Å²) in [6.45, 7) is 6.97. The number of halogens is 1. The van der Waals surface area contributed by atoms with E-state index in [2.05, 4.69) is 22.4 Å². The van der Waals surface area contributed by atoms with Gasteiger partial charge in [-0.1, -0.05) is 48.0 Å². The van der Waals surface area contributed by atoms with Crippen molar-refractivity contribution in [3.05, 3.63) is 71.3 Å². The Morgan fingerprint density at radius 1 is 1.26 bits per heavy atom. The number of hydrazone groups is 1. The van der Waals surface area contributed by atoms with Crippen molar-refractivity contribution >= 4 is 35.1 Å². The molecule has 2 aromatic carbocycles. The predicted molar refractivity (Wildman–Crippen MR) is 115 cm³/mol. The third-order valence-corrected chi connectivity index (χ3v) is 3.86. The second-order valence-corrected chi connectivity index (χ2v) is 6.22. The zero-order chi connectivity index (χ0) is 19.5. The molecule has 0 spiro atoms. The zero-order valence-electron chi connectivity index (χ0n) is 15.1. The summed E-state index contributed by atoms with van der Waals surface area (Å²) in [5.74, 6) is 1.07. The zero-order valence-corrected chi connectivity index (χ0v) is 16.6. The van der Waals surface area contributed by atoms with Crippen molar-refractivity contribution < 1.29 is 9.47 Å². The van der Waals surface area contributed by atoms with Crippen LogP contribution >= 0.6 is 23.8 Å². The van der Waals surface area contributed by atoms with Gasteiger partial charge in [0.05, 0.1) is 17.8 Å². The van der Waals surface area contributed by atoms with Crippen molar-refractivity contribution in [2.24, 2.45) is 5.10 Å². The molecule has 0 bridgehead atoms. The van der Waals surface area contributed by atoms with Crippen LogP contribution in [0.3, 0.4) is 0 Å². The Morgan fingerprint density at radius 3 is 2.74 bits per heavy atom. The Hall–Kier alpha value is -2.57. The minimum Gasteiger partial charge on any atom is -0.490 e. The molecule has 0 heterocycles. The monoisotopic (exact) mass is 403 g/mol. The molecule has 0 aliphatic heterocycles. The summed E-state index contributed by atoms with van der Waals surface area (Å²) in [5, 5.41) is 7.87. The third kappa shape index (κ3) is 6.92. The van der Waals surface area contributed by atoms with Crippen molar-refractivity contribution in [2.45, 2.75) is 13.5 Å². The van der Waals surface area contributed by atoms with Crippen molar-refractivity contribution in [1.29, 1.82) is 0 Å². The highest BCUT2D eigenvalue weighted by atomic mass is 35.5. The second-order valence-electron chi connectivity index (χ2n) is 5.41. The molecule has 0 radical (unpaired) electrons. The summed E-state index contributed by atoms with van der Waals surface area (Å²) < 4.78 is 11.6. The van der Waals surface area contributed by atoms with E-state index in [4.69, 9.17) is 33.3 Å². The van der Waals surface area contributed by atoms with Crippen LogP contribution in [-0.4, -0.2) is 24.5 Å². The van der Waals surface area contributed by atoms with Gasteiger partial charge in [-0.25, -0.2) is 0 Å². The van der Waals surface area contributed by atoms with Gasteiger partial charge < -0.3 is 14.8 Å². The van der Waals surface area contributed by atoms with Gasteiger partial charge in [-0.15, -0.1) is 6.58 Å². The van der Waals surface area contributed by atoms with Crippen LogP contribution in [0, 0.1) is 0 Å². The first-order valence-corrected chi connectivity index (χ1v) is 9.23. The molecule has 142 valence electrons. The fourth-order valence-electron chi connectivity index (χ4n) is 2.17. The maximum atomic E-state index is 6.41. The van der Waals surface area contributed by atoms with E-state index in [9.17, 15) is 0 Å². The van der Waals surface area contributed by atoms with Crippen LogP contribution in [0.15, 0.2) is 60.2 Å². The lowest BCUT2D eigenvalue weighted by atomic mass is 10.2. The summed E-state index contributed by atoms with van der Waals surface area (Å²) in [5.41, 5.74) is 4.53. The lowest BCUT2D eigenvalue weighted by Crippen LogP contribution is -2.31. The predicted octanol–water partition coefficient (Wildman–Crippen LogP) is 4.30. The summed E-state index contributed by atoms with van der Waals surface area (Å²) in [6.07, 6.45) is 3.32. The SMILES string of the molecule is C=CCNC(=S)N/N=C/c1cc(Cl)c(OCc2ccccc2)c(OCC)c1. The van der Waals surface area contributed by atoms with Crippen LogP contribution in [-0.2, 0) is 6.61 Å². The number of hydrogen-bond acceptors (Lipinski definition) is 4. The van der Waals surface area contributed by atoms with Crippen molar-refractivity contribution in [2.75, 3.05) is 13.2 Å². The summed E-state index contributed by atoms with van der Waals surface area (Å²) >= 11 is 11.5. The molecule has 0 aliphatic rings. The molecular weight excluding hydrogens is 382 g/mol. The quantitative estimate of drug-likeness (QED) is 0.283. The molecule has 2 N–H and O–H groups in total. The molecule has 0 aliphatic carbocycles. The van der Waals surface area contributed by atoms with Crippen LogP contribution in [0.25, 0.3) is 0 Å². The third-order valence-electron chi connectivity index (χ3n) is 3.34. The maximum absolute atomic E-state index is 6.41. The highest BCUT2D eigenvalue weighted by Gasteiger charge is 2.12. The Balaban J connectivity index is 2.10. The molecule has 27 heavy (non-hydrogen) atoms. The standard InChI is InChI=1S/C20H22ClN3O2S/c1-3-10-22-20(27)24-23-13-16-11-17(21)19(18(12-16)25-4-2)26-14-15-8-6-5-7-9-15/h3,5-9,11-13H,1,4,10,14H2,2H3,(H2,22,24,27)/b23-13+. The van der Waals surface area contributed by atoms with E-state index >= 15 is 0 Å². The molecule has 0 atom stereocenters. The molecule has 0 saturated heterocycles. The lowest BCUT2D eigenvalue weighted by molar-refractivity contribution is 0.269. The van der Waals surface area contributed by atoms with Crippen molar-refractivity contribution in [1.82, 2.24) is 10.7 Å². The minimum atomic E-state index is 0.402. The summed E-state index contributed by atoms with van der Waals surface area (Å²) in [7, 11) is 0. The molecule has 0 unspecified atom stereocenters. The van der Waals surface area contributed by atoms with Crippen LogP contribution < -0.4 is 20.2 Å². The normalized spacial score (nSPS) is 10.4. The highest BCUT2D eigenvalue weighted by molar-refractivity contribution is 7.80. The molecule has 0 fully saturated rings. The van der Waals surface area contributed by atoms with E-state index in [-0.39, 0.29) is 0 Å². The molecule has 0 amide bonds. The van der Waals surface area contributed by atoms with Crippen molar-refractivity contribution in [3.8, 4) is 11.5 Å². The first kappa shape index (κ1) is 20.7. The molecule has 5 nitrogen and oxygen atoms in total. The van der Waals surface area contributed by atoms with Gasteiger partial charge in [0.1, 0.15) is 6.61 Å². The van der Waals surface area contributed by atoms with Gasteiger partial charge in [-0.2, -0.15) is 5.10 Å². The van der Waals surface area contributed by atoms with Gasteiger partial charge in [0.25, 0.3) is 0 Å². The molecule has 2 rings (SSSR count). The lowest BCUT2D eigenvalue weighted by Gasteiger charge is -2.14.